The highest BCUT2D eigenvalue weighted by atomic mass is 35.5. The van der Waals surface area contributed by atoms with Gasteiger partial charge in [-0.15, -0.1) is 11.6 Å². The first-order chi connectivity index (χ1) is 7.27. The van der Waals surface area contributed by atoms with Crippen molar-refractivity contribution >= 4 is 28.4 Å². The van der Waals surface area contributed by atoms with Crippen LogP contribution in [0.15, 0.2) is 0 Å². The van der Waals surface area contributed by atoms with E-state index in [2.05, 4.69) is 4.72 Å². The standard InChI is InChI=1S/C11H22ClNO2S/c1-9(14)8-10(6-5-7-12)13-16(15)11(2,3)4/h10,13H,5-8H2,1-4H3/t10-,16-/m0/s1. The molecule has 3 nitrogen and oxygen atoms in total. The van der Waals surface area contributed by atoms with Gasteiger partial charge in [0.25, 0.3) is 0 Å². The van der Waals surface area contributed by atoms with Crippen molar-refractivity contribution in [1.29, 1.82) is 0 Å². The van der Waals surface area contributed by atoms with Crippen LogP contribution in [0.2, 0.25) is 0 Å². The van der Waals surface area contributed by atoms with E-state index in [1.807, 2.05) is 20.8 Å². The van der Waals surface area contributed by atoms with E-state index < -0.39 is 11.0 Å². The van der Waals surface area contributed by atoms with Crippen LogP contribution in [-0.4, -0.2) is 26.7 Å². The number of alkyl halides is 1. The van der Waals surface area contributed by atoms with Crippen LogP contribution in [0.5, 0.6) is 0 Å². The molecule has 0 heterocycles. The second kappa shape index (κ2) is 7.41. The average molecular weight is 268 g/mol. The Balaban J connectivity index is 4.30. The molecule has 0 amide bonds. The summed E-state index contributed by atoms with van der Waals surface area (Å²) in [6, 6.07) is -0.0312. The van der Waals surface area contributed by atoms with Gasteiger partial charge in [-0.05, 0) is 40.5 Å². The first-order valence-electron chi connectivity index (χ1n) is 5.51. The molecule has 0 aromatic heterocycles. The van der Waals surface area contributed by atoms with Crippen LogP contribution in [-0.2, 0) is 15.8 Å². The fourth-order valence-corrected chi connectivity index (χ4v) is 2.21. The molecule has 0 saturated carbocycles. The van der Waals surface area contributed by atoms with Crippen molar-refractivity contribution in [2.45, 2.75) is 57.7 Å². The molecule has 2 atom stereocenters. The van der Waals surface area contributed by atoms with E-state index in [1.165, 1.54) is 0 Å². The topological polar surface area (TPSA) is 46.2 Å². The second-order valence-corrected chi connectivity index (χ2v) is 7.31. The summed E-state index contributed by atoms with van der Waals surface area (Å²) < 4.78 is 14.6. The number of hydrogen-bond donors (Lipinski definition) is 1. The third-order valence-corrected chi connectivity index (χ3v) is 3.98. The SMILES string of the molecule is CC(=O)C[C@H](CCCCl)N[S@@](=O)C(C)(C)C. The summed E-state index contributed by atoms with van der Waals surface area (Å²) in [4.78, 5) is 11.1. The zero-order valence-corrected chi connectivity index (χ0v) is 12.1. The zero-order chi connectivity index (χ0) is 12.8. The van der Waals surface area contributed by atoms with Gasteiger partial charge in [0.05, 0.1) is 15.7 Å². The van der Waals surface area contributed by atoms with E-state index in [4.69, 9.17) is 11.6 Å². The molecule has 0 aliphatic heterocycles. The van der Waals surface area contributed by atoms with Crippen LogP contribution in [0.1, 0.15) is 47.0 Å². The molecule has 0 unspecified atom stereocenters. The number of carbonyl (C=O) groups is 1. The maximum Gasteiger partial charge on any atom is 0.131 e. The Morgan fingerprint density at radius 3 is 2.38 bits per heavy atom. The summed E-state index contributed by atoms with van der Waals surface area (Å²) in [7, 11) is -1.13. The molecule has 1 N–H and O–H groups in total. The van der Waals surface area contributed by atoms with Gasteiger partial charge >= 0.3 is 0 Å². The van der Waals surface area contributed by atoms with Gasteiger partial charge < -0.3 is 0 Å². The van der Waals surface area contributed by atoms with E-state index in [0.29, 0.717) is 12.3 Å². The summed E-state index contributed by atoms with van der Waals surface area (Å²) in [5.74, 6) is 0.677. The molecule has 0 rings (SSSR count). The molecule has 0 saturated heterocycles. The molecule has 0 fully saturated rings. The minimum absolute atomic E-state index is 0.0312. The summed E-state index contributed by atoms with van der Waals surface area (Å²) >= 11 is 5.62. The maximum absolute atomic E-state index is 11.9. The predicted octanol–water partition coefficient (Wildman–Crippen LogP) is 2.40. The lowest BCUT2D eigenvalue weighted by Crippen LogP contribution is -2.40. The Hall–Kier alpha value is 0.0700. The van der Waals surface area contributed by atoms with Crippen LogP contribution in [0, 0.1) is 0 Å². The number of nitrogens with one attached hydrogen (secondary N) is 1. The Morgan fingerprint density at radius 1 is 1.44 bits per heavy atom. The highest BCUT2D eigenvalue weighted by Gasteiger charge is 2.23. The number of rotatable bonds is 7. The molecular formula is C11H22ClNO2S. The van der Waals surface area contributed by atoms with Crippen molar-refractivity contribution in [3.8, 4) is 0 Å². The van der Waals surface area contributed by atoms with E-state index in [1.54, 1.807) is 6.92 Å². The third kappa shape index (κ3) is 7.36. The van der Waals surface area contributed by atoms with E-state index >= 15 is 0 Å². The zero-order valence-electron chi connectivity index (χ0n) is 10.5. The largest absolute Gasteiger partial charge is 0.300 e. The third-order valence-electron chi connectivity index (χ3n) is 2.05. The number of Topliss-reactive ketones (excluding diaryl/α,β-unsaturated/α-hetero) is 1. The first kappa shape index (κ1) is 16.1. The van der Waals surface area contributed by atoms with Gasteiger partial charge in [-0.2, -0.15) is 0 Å². The van der Waals surface area contributed by atoms with Crippen molar-refractivity contribution < 1.29 is 9.00 Å². The summed E-state index contributed by atoms with van der Waals surface area (Å²) in [5, 5.41) is 0. The summed E-state index contributed by atoms with van der Waals surface area (Å²) in [6.45, 7) is 7.27. The van der Waals surface area contributed by atoms with Gasteiger partial charge in [0.1, 0.15) is 5.78 Å². The van der Waals surface area contributed by atoms with Crippen LogP contribution in [0.4, 0.5) is 0 Å². The van der Waals surface area contributed by atoms with Crippen molar-refractivity contribution in [1.82, 2.24) is 4.72 Å². The molecule has 0 radical (unpaired) electrons. The quantitative estimate of drug-likeness (QED) is 0.720. The highest BCUT2D eigenvalue weighted by molar-refractivity contribution is 7.84. The Labute approximate surface area is 106 Å². The molecule has 96 valence electrons. The monoisotopic (exact) mass is 267 g/mol. The van der Waals surface area contributed by atoms with Crippen LogP contribution < -0.4 is 4.72 Å². The molecular weight excluding hydrogens is 246 g/mol. The Kier molecular flexibility index (Phi) is 7.44. The fraction of sp³-hybridized carbons (Fsp3) is 0.909. The predicted molar refractivity (Wildman–Crippen MR) is 70.1 cm³/mol. The maximum atomic E-state index is 11.9. The molecule has 5 heteroatoms. The minimum atomic E-state index is -1.13. The minimum Gasteiger partial charge on any atom is -0.300 e. The van der Waals surface area contributed by atoms with Crippen molar-refractivity contribution in [3.63, 3.8) is 0 Å². The smallest absolute Gasteiger partial charge is 0.131 e. The number of hydrogen-bond acceptors (Lipinski definition) is 2. The Morgan fingerprint density at radius 2 is 2.00 bits per heavy atom. The number of halogens is 1. The molecule has 16 heavy (non-hydrogen) atoms. The van der Waals surface area contributed by atoms with E-state index in [0.717, 1.165) is 12.8 Å². The first-order valence-corrected chi connectivity index (χ1v) is 7.19. The summed E-state index contributed by atoms with van der Waals surface area (Å²) in [5.41, 5.74) is 0. The Bertz CT molecular complexity index is 251. The molecule has 0 aliphatic rings. The van der Waals surface area contributed by atoms with Crippen molar-refractivity contribution in [2.24, 2.45) is 0 Å². The number of ketones is 1. The van der Waals surface area contributed by atoms with Gasteiger partial charge in [-0.1, -0.05) is 0 Å². The molecule has 0 spiro atoms. The second-order valence-electron chi connectivity index (χ2n) is 4.93. The van der Waals surface area contributed by atoms with Gasteiger partial charge in [-0.25, -0.2) is 8.93 Å². The lowest BCUT2D eigenvalue weighted by molar-refractivity contribution is -0.117. The molecule has 0 aromatic carbocycles. The van der Waals surface area contributed by atoms with Gasteiger partial charge in [0.15, 0.2) is 0 Å². The van der Waals surface area contributed by atoms with Crippen LogP contribution >= 0.6 is 11.6 Å². The van der Waals surface area contributed by atoms with Gasteiger partial charge in [0, 0.05) is 18.3 Å². The van der Waals surface area contributed by atoms with Gasteiger partial charge in [0.2, 0.25) is 0 Å². The fourth-order valence-electron chi connectivity index (χ4n) is 1.20. The van der Waals surface area contributed by atoms with Crippen molar-refractivity contribution in [3.05, 3.63) is 0 Å². The lowest BCUT2D eigenvalue weighted by atomic mass is 10.1. The number of carbonyl (C=O) groups excluding carboxylic acids is 1. The van der Waals surface area contributed by atoms with Crippen molar-refractivity contribution in [2.75, 3.05) is 5.88 Å². The van der Waals surface area contributed by atoms with E-state index in [-0.39, 0.29) is 16.6 Å². The van der Waals surface area contributed by atoms with Gasteiger partial charge in [-0.3, -0.25) is 4.79 Å². The highest BCUT2D eigenvalue weighted by Crippen LogP contribution is 2.12. The summed E-state index contributed by atoms with van der Waals surface area (Å²) in [6.07, 6.45) is 2.03. The molecule has 0 bridgehead atoms. The van der Waals surface area contributed by atoms with Crippen LogP contribution in [0.3, 0.4) is 0 Å². The molecule has 0 aliphatic carbocycles. The normalized spacial score (nSPS) is 15.8. The average Bonchev–Trinajstić information content (AvgIpc) is 2.11. The van der Waals surface area contributed by atoms with Crippen LogP contribution in [0.25, 0.3) is 0 Å². The lowest BCUT2D eigenvalue weighted by Gasteiger charge is -2.23. The molecule has 0 aromatic rings. The van der Waals surface area contributed by atoms with E-state index in [9.17, 15) is 9.00 Å².